The number of carboxylic acid groups (broad SMARTS) is 1. The van der Waals surface area contributed by atoms with E-state index in [-0.39, 0.29) is 6.42 Å². The minimum atomic E-state index is -1.39. The van der Waals surface area contributed by atoms with Crippen molar-refractivity contribution in [3.8, 4) is 0 Å². The van der Waals surface area contributed by atoms with Crippen LogP contribution in [0.2, 0.25) is 0 Å². The first-order valence-electron chi connectivity index (χ1n) is 6.67. The molecule has 0 aliphatic heterocycles. The lowest BCUT2D eigenvalue weighted by atomic mass is 10.1. The molecule has 1 aromatic heterocycles. The van der Waals surface area contributed by atoms with Gasteiger partial charge >= 0.3 is 5.97 Å². The molecule has 0 saturated heterocycles. The van der Waals surface area contributed by atoms with E-state index in [1.165, 1.54) is 12.5 Å². The monoisotopic (exact) mass is 329 g/mol. The van der Waals surface area contributed by atoms with Crippen molar-refractivity contribution in [3.63, 3.8) is 0 Å². The maximum Gasteiger partial charge on any atom is 0.326 e. The van der Waals surface area contributed by atoms with Gasteiger partial charge in [0.1, 0.15) is 18.1 Å². The number of hydrogen-bond donors (Lipinski definition) is 7. The van der Waals surface area contributed by atoms with Crippen LogP contribution < -0.4 is 16.4 Å². The van der Waals surface area contributed by atoms with Crippen molar-refractivity contribution in [2.45, 2.75) is 24.5 Å². The Morgan fingerprint density at radius 3 is 2.30 bits per heavy atom. The van der Waals surface area contributed by atoms with Gasteiger partial charge in [-0.2, -0.15) is 0 Å². The lowest BCUT2D eigenvalue weighted by molar-refractivity contribution is -0.142. The fourth-order valence-corrected chi connectivity index (χ4v) is 1.64. The predicted octanol–water partition coefficient (Wildman–Crippen LogP) is -3.68. The Labute approximate surface area is 130 Å². The number of hydrogen-bond acceptors (Lipinski definition) is 7. The van der Waals surface area contributed by atoms with Gasteiger partial charge in [-0.1, -0.05) is 0 Å². The van der Waals surface area contributed by atoms with Crippen molar-refractivity contribution in [2.75, 3.05) is 13.2 Å². The van der Waals surface area contributed by atoms with E-state index in [2.05, 4.69) is 20.6 Å². The Hall–Kier alpha value is -2.50. The first-order chi connectivity index (χ1) is 10.9. The van der Waals surface area contributed by atoms with Gasteiger partial charge in [-0.15, -0.1) is 0 Å². The molecule has 0 aliphatic rings. The lowest BCUT2D eigenvalue weighted by Gasteiger charge is -2.20. The van der Waals surface area contributed by atoms with Crippen LogP contribution >= 0.6 is 0 Å². The summed E-state index contributed by atoms with van der Waals surface area (Å²) in [6.45, 7) is -1.39. The van der Waals surface area contributed by atoms with Gasteiger partial charge in [0.05, 0.1) is 19.5 Å². The van der Waals surface area contributed by atoms with E-state index in [9.17, 15) is 14.4 Å². The molecule has 0 bridgehead atoms. The summed E-state index contributed by atoms with van der Waals surface area (Å²) < 4.78 is 0. The normalized spacial score (nSPS) is 14.6. The number of nitrogens with two attached hydrogens (primary N) is 1. The van der Waals surface area contributed by atoms with E-state index in [0.717, 1.165) is 0 Å². The molecule has 0 radical (unpaired) electrons. The van der Waals surface area contributed by atoms with Crippen LogP contribution in [0.3, 0.4) is 0 Å². The Kier molecular flexibility index (Phi) is 7.12. The first-order valence-corrected chi connectivity index (χ1v) is 6.67. The summed E-state index contributed by atoms with van der Waals surface area (Å²) in [7, 11) is 0. The van der Waals surface area contributed by atoms with Crippen LogP contribution in [0.4, 0.5) is 0 Å². The smallest absolute Gasteiger partial charge is 0.326 e. The molecule has 0 unspecified atom stereocenters. The highest BCUT2D eigenvalue weighted by Crippen LogP contribution is 2.00. The topological polar surface area (TPSA) is 191 Å². The maximum absolute atomic E-state index is 12.0. The minimum absolute atomic E-state index is 0.0523. The number of aliphatic hydroxyl groups excluding tert-OH is 2. The zero-order valence-electron chi connectivity index (χ0n) is 12.1. The zero-order valence-corrected chi connectivity index (χ0v) is 12.1. The van der Waals surface area contributed by atoms with Crippen molar-refractivity contribution in [1.82, 2.24) is 20.6 Å². The van der Waals surface area contributed by atoms with Crippen LogP contribution in [-0.2, 0) is 20.8 Å². The van der Waals surface area contributed by atoms with Crippen molar-refractivity contribution >= 4 is 17.8 Å². The summed E-state index contributed by atoms with van der Waals surface area (Å²) in [5.74, 6) is -3.02. The highest BCUT2D eigenvalue weighted by atomic mass is 16.4. The summed E-state index contributed by atoms with van der Waals surface area (Å²) in [4.78, 5) is 41.1. The highest BCUT2D eigenvalue weighted by molar-refractivity contribution is 5.91. The van der Waals surface area contributed by atoms with E-state index in [1.54, 1.807) is 0 Å². The van der Waals surface area contributed by atoms with Crippen LogP contribution in [-0.4, -0.2) is 74.4 Å². The number of aromatic amines is 1. The molecule has 1 aromatic rings. The largest absolute Gasteiger partial charge is 0.480 e. The molecular formula is C12H19N5O6. The van der Waals surface area contributed by atoms with Gasteiger partial charge < -0.3 is 36.7 Å². The molecule has 0 fully saturated rings. The third-order valence-electron chi connectivity index (χ3n) is 2.94. The average Bonchev–Trinajstić information content (AvgIpc) is 3.03. The van der Waals surface area contributed by atoms with Crippen LogP contribution in [0.15, 0.2) is 12.5 Å². The Balaban J connectivity index is 2.68. The number of imidazole rings is 1. The number of aromatic nitrogens is 2. The summed E-state index contributed by atoms with van der Waals surface area (Å²) in [6.07, 6.45) is 2.72. The number of carboxylic acids is 1. The quantitative estimate of drug-likeness (QED) is 0.241. The van der Waals surface area contributed by atoms with Gasteiger partial charge in [0, 0.05) is 18.3 Å². The van der Waals surface area contributed by atoms with E-state index in [4.69, 9.17) is 21.1 Å². The number of aliphatic carboxylic acids is 1. The molecule has 8 N–H and O–H groups in total. The van der Waals surface area contributed by atoms with E-state index >= 15 is 0 Å². The maximum atomic E-state index is 12.0. The van der Waals surface area contributed by atoms with Crippen LogP contribution in [0.5, 0.6) is 0 Å². The number of H-pyrrole nitrogens is 1. The lowest BCUT2D eigenvalue weighted by Crippen LogP contribution is -2.56. The van der Waals surface area contributed by atoms with Gasteiger partial charge in [0.15, 0.2) is 0 Å². The summed E-state index contributed by atoms with van der Waals surface area (Å²) in [5, 5.41) is 31.4. The molecule has 128 valence electrons. The van der Waals surface area contributed by atoms with Crippen molar-refractivity contribution in [1.29, 1.82) is 0 Å². The summed E-state index contributed by atoms with van der Waals surface area (Å²) in [5.41, 5.74) is 5.77. The summed E-state index contributed by atoms with van der Waals surface area (Å²) >= 11 is 0. The zero-order chi connectivity index (χ0) is 17.4. The number of aliphatic hydroxyl groups is 2. The first kappa shape index (κ1) is 18.5. The van der Waals surface area contributed by atoms with Crippen molar-refractivity contribution in [2.24, 2.45) is 5.73 Å². The molecule has 0 spiro atoms. The SMILES string of the molecule is N[C@@H](CO)C(=O)N[C@@H](CO)C(=O)N[C@@H](Cc1cnc[nH]1)C(=O)O. The fraction of sp³-hybridized carbons (Fsp3) is 0.500. The van der Waals surface area contributed by atoms with Gasteiger partial charge in [-0.3, -0.25) is 9.59 Å². The second-order valence-electron chi connectivity index (χ2n) is 4.71. The van der Waals surface area contributed by atoms with Gasteiger partial charge in [-0.25, -0.2) is 9.78 Å². The molecule has 3 atom stereocenters. The van der Waals surface area contributed by atoms with Gasteiger partial charge in [0.25, 0.3) is 0 Å². The summed E-state index contributed by atoms with van der Waals surface area (Å²) in [6, 6.07) is -3.92. The van der Waals surface area contributed by atoms with Crippen molar-refractivity contribution < 1.29 is 29.7 Å². The molecule has 1 rings (SSSR count). The number of nitrogens with one attached hydrogen (secondary N) is 3. The molecular weight excluding hydrogens is 310 g/mol. The molecule has 1 heterocycles. The van der Waals surface area contributed by atoms with E-state index in [1.807, 2.05) is 0 Å². The highest BCUT2D eigenvalue weighted by Gasteiger charge is 2.27. The van der Waals surface area contributed by atoms with Crippen LogP contribution in [0, 0.1) is 0 Å². The number of amides is 2. The van der Waals surface area contributed by atoms with Crippen LogP contribution in [0.1, 0.15) is 5.69 Å². The Morgan fingerprint density at radius 2 is 1.83 bits per heavy atom. The van der Waals surface area contributed by atoms with Crippen LogP contribution in [0.25, 0.3) is 0 Å². The third kappa shape index (κ3) is 5.65. The van der Waals surface area contributed by atoms with Gasteiger partial charge in [-0.05, 0) is 0 Å². The Morgan fingerprint density at radius 1 is 1.17 bits per heavy atom. The molecule has 0 saturated carbocycles. The van der Waals surface area contributed by atoms with Gasteiger partial charge in [0.2, 0.25) is 11.8 Å². The number of carbonyl (C=O) groups is 3. The number of carbonyl (C=O) groups excluding carboxylic acids is 2. The molecule has 11 nitrogen and oxygen atoms in total. The number of rotatable bonds is 9. The molecule has 11 heteroatoms. The van der Waals surface area contributed by atoms with E-state index in [0.29, 0.717) is 5.69 Å². The second-order valence-corrected chi connectivity index (χ2v) is 4.71. The second kappa shape index (κ2) is 8.82. The molecule has 0 aromatic carbocycles. The fourth-order valence-electron chi connectivity index (χ4n) is 1.64. The molecule has 0 aliphatic carbocycles. The predicted molar refractivity (Wildman–Crippen MR) is 75.9 cm³/mol. The van der Waals surface area contributed by atoms with Crippen molar-refractivity contribution in [3.05, 3.63) is 18.2 Å². The average molecular weight is 329 g/mol. The third-order valence-corrected chi connectivity index (χ3v) is 2.94. The number of nitrogens with zero attached hydrogens (tertiary/aromatic N) is 1. The van der Waals surface area contributed by atoms with E-state index < -0.39 is 49.1 Å². The Bertz CT molecular complexity index is 534. The molecule has 2 amide bonds. The molecule has 23 heavy (non-hydrogen) atoms. The standard InChI is InChI=1S/C12H19N5O6/c13-7(3-18)10(20)17-9(4-19)11(21)16-8(12(22)23)1-6-2-14-5-15-6/h2,5,7-9,18-19H,1,3-4,13H2,(H,14,15)(H,16,21)(H,17,20)(H,22,23)/t7-,8-,9-/m0/s1. The minimum Gasteiger partial charge on any atom is -0.480 e.